The molecular weight excluding hydrogens is 196 g/mol. The molecule has 2 atom stereocenters. The van der Waals surface area contributed by atoms with Crippen molar-refractivity contribution in [2.45, 2.75) is 31.7 Å². The molecule has 1 aliphatic carbocycles. The number of benzene rings is 1. The summed E-state index contributed by atoms with van der Waals surface area (Å²) in [6, 6.07) is 9.75. The number of nitrogens with two attached hydrogens (primary N) is 1. The summed E-state index contributed by atoms with van der Waals surface area (Å²) < 4.78 is 0. The van der Waals surface area contributed by atoms with Gasteiger partial charge in [0.15, 0.2) is 0 Å². The zero-order valence-corrected chi connectivity index (χ0v) is 9.73. The monoisotopic (exact) mass is 216 g/mol. The summed E-state index contributed by atoms with van der Waals surface area (Å²) in [5, 5.41) is 0. The van der Waals surface area contributed by atoms with Crippen LogP contribution in [0.15, 0.2) is 24.3 Å². The van der Waals surface area contributed by atoms with E-state index in [9.17, 15) is 0 Å². The smallest absolute Gasteiger partial charge is 0.0371 e. The predicted octanol–water partition coefficient (Wildman–Crippen LogP) is 2.18. The van der Waals surface area contributed by atoms with Crippen LogP contribution in [0.25, 0.3) is 0 Å². The third kappa shape index (κ3) is 1.71. The average molecular weight is 216 g/mol. The predicted molar refractivity (Wildman–Crippen MR) is 67.7 cm³/mol. The molecule has 2 nitrogen and oxygen atoms in total. The summed E-state index contributed by atoms with van der Waals surface area (Å²) >= 11 is 0. The lowest BCUT2D eigenvalue weighted by molar-refractivity contribution is 0.553. The molecule has 86 valence electrons. The van der Waals surface area contributed by atoms with E-state index in [0.29, 0.717) is 0 Å². The molecule has 1 saturated carbocycles. The fraction of sp³-hybridized carbons (Fsp3) is 0.571. The molecule has 3 rings (SSSR count). The van der Waals surface area contributed by atoms with Crippen molar-refractivity contribution in [3.8, 4) is 0 Å². The molecule has 2 bridgehead atoms. The van der Waals surface area contributed by atoms with Crippen molar-refractivity contribution >= 4 is 5.69 Å². The molecule has 2 N–H and O–H groups in total. The van der Waals surface area contributed by atoms with Gasteiger partial charge >= 0.3 is 0 Å². The van der Waals surface area contributed by atoms with Crippen LogP contribution in [-0.2, 0) is 6.42 Å². The second kappa shape index (κ2) is 4.10. The summed E-state index contributed by atoms with van der Waals surface area (Å²) in [6.07, 6.45) is 5.26. The van der Waals surface area contributed by atoms with Crippen molar-refractivity contribution in [2.24, 2.45) is 11.7 Å². The highest BCUT2D eigenvalue weighted by atomic mass is 15.2. The minimum Gasteiger partial charge on any atom is -0.368 e. The van der Waals surface area contributed by atoms with E-state index in [1.54, 1.807) is 0 Å². The third-order valence-electron chi connectivity index (χ3n) is 4.08. The Morgan fingerprint density at radius 1 is 1.31 bits per heavy atom. The zero-order chi connectivity index (χ0) is 11.0. The third-order valence-corrected chi connectivity index (χ3v) is 4.08. The summed E-state index contributed by atoms with van der Waals surface area (Å²) in [7, 11) is 0. The lowest BCUT2D eigenvalue weighted by Gasteiger charge is -2.29. The molecular formula is C14H20N2. The average Bonchev–Trinajstić information content (AvgIpc) is 2.91. The minimum atomic E-state index is 0.746. The lowest BCUT2D eigenvalue weighted by atomic mass is 10.1. The molecule has 0 aromatic heterocycles. The van der Waals surface area contributed by atoms with E-state index >= 15 is 0 Å². The summed E-state index contributed by atoms with van der Waals surface area (Å²) in [5.74, 6) is 0.961. The van der Waals surface area contributed by atoms with E-state index in [-0.39, 0.29) is 0 Å². The first-order chi connectivity index (χ1) is 7.86. The lowest BCUT2D eigenvalue weighted by Crippen LogP contribution is -2.31. The van der Waals surface area contributed by atoms with E-state index in [0.717, 1.165) is 24.9 Å². The summed E-state index contributed by atoms with van der Waals surface area (Å²) in [5.41, 5.74) is 8.40. The highest BCUT2D eigenvalue weighted by Crippen LogP contribution is 2.40. The SMILES string of the molecule is NCCc1cccc(N2CC3CCC2C3)c1. The van der Waals surface area contributed by atoms with Crippen LogP contribution >= 0.6 is 0 Å². The van der Waals surface area contributed by atoms with Crippen LogP contribution in [0, 0.1) is 5.92 Å². The first kappa shape index (κ1) is 10.2. The Hall–Kier alpha value is -1.02. The van der Waals surface area contributed by atoms with Gasteiger partial charge < -0.3 is 10.6 Å². The molecule has 2 fully saturated rings. The van der Waals surface area contributed by atoms with Crippen LogP contribution in [0.3, 0.4) is 0 Å². The molecule has 0 spiro atoms. The number of anilines is 1. The van der Waals surface area contributed by atoms with Gasteiger partial charge in [0.05, 0.1) is 0 Å². The maximum Gasteiger partial charge on any atom is 0.0371 e. The molecule has 2 unspecified atom stereocenters. The summed E-state index contributed by atoms with van der Waals surface area (Å²) in [4.78, 5) is 2.61. The molecule has 1 saturated heterocycles. The van der Waals surface area contributed by atoms with Gasteiger partial charge in [0.1, 0.15) is 0 Å². The number of rotatable bonds is 3. The van der Waals surface area contributed by atoms with Crippen LogP contribution in [-0.4, -0.2) is 19.1 Å². The van der Waals surface area contributed by atoms with Crippen molar-refractivity contribution in [3.63, 3.8) is 0 Å². The Morgan fingerprint density at radius 3 is 2.94 bits per heavy atom. The number of piperidine rings is 1. The van der Waals surface area contributed by atoms with Gasteiger partial charge in [0, 0.05) is 18.3 Å². The quantitative estimate of drug-likeness (QED) is 0.839. The number of nitrogens with zero attached hydrogens (tertiary/aromatic N) is 1. The Balaban J connectivity index is 1.81. The maximum absolute atomic E-state index is 5.61. The van der Waals surface area contributed by atoms with Crippen molar-refractivity contribution in [1.29, 1.82) is 0 Å². The highest BCUT2D eigenvalue weighted by molar-refractivity contribution is 5.51. The van der Waals surface area contributed by atoms with Crippen molar-refractivity contribution in [1.82, 2.24) is 0 Å². The van der Waals surface area contributed by atoms with Crippen LogP contribution in [0.1, 0.15) is 24.8 Å². The Bertz CT molecular complexity index is 375. The van der Waals surface area contributed by atoms with E-state index < -0.39 is 0 Å². The Kier molecular flexibility index (Phi) is 2.60. The van der Waals surface area contributed by atoms with E-state index in [1.165, 1.54) is 37.1 Å². The fourth-order valence-electron chi connectivity index (χ4n) is 3.30. The second-order valence-electron chi connectivity index (χ2n) is 5.19. The molecule has 0 radical (unpaired) electrons. The largest absolute Gasteiger partial charge is 0.368 e. The zero-order valence-electron chi connectivity index (χ0n) is 9.73. The number of fused-ring (bicyclic) bond motifs is 2. The summed E-state index contributed by atoms with van der Waals surface area (Å²) in [6.45, 7) is 2.02. The van der Waals surface area contributed by atoms with Crippen molar-refractivity contribution in [3.05, 3.63) is 29.8 Å². The van der Waals surface area contributed by atoms with E-state index in [2.05, 4.69) is 29.2 Å². The first-order valence-corrected chi connectivity index (χ1v) is 6.42. The van der Waals surface area contributed by atoms with Crippen LogP contribution in [0.5, 0.6) is 0 Å². The highest BCUT2D eigenvalue weighted by Gasteiger charge is 2.37. The van der Waals surface area contributed by atoms with Crippen LogP contribution < -0.4 is 10.6 Å². The van der Waals surface area contributed by atoms with Crippen molar-refractivity contribution in [2.75, 3.05) is 18.0 Å². The topological polar surface area (TPSA) is 29.3 Å². The first-order valence-electron chi connectivity index (χ1n) is 6.42. The van der Waals surface area contributed by atoms with E-state index in [4.69, 9.17) is 5.73 Å². The van der Waals surface area contributed by atoms with Gasteiger partial charge in [-0.3, -0.25) is 0 Å². The van der Waals surface area contributed by atoms with Gasteiger partial charge in [0.2, 0.25) is 0 Å². The molecule has 1 aliphatic heterocycles. The molecule has 2 aliphatic rings. The second-order valence-corrected chi connectivity index (χ2v) is 5.19. The van der Waals surface area contributed by atoms with Crippen LogP contribution in [0.4, 0.5) is 5.69 Å². The number of hydrogen-bond donors (Lipinski definition) is 1. The van der Waals surface area contributed by atoms with Gasteiger partial charge in [-0.2, -0.15) is 0 Å². The molecule has 0 amide bonds. The number of hydrogen-bond acceptors (Lipinski definition) is 2. The molecule has 16 heavy (non-hydrogen) atoms. The normalized spacial score (nSPS) is 27.7. The standard InChI is InChI=1S/C14H20N2/c15-7-6-11-2-1-3-13(8-11)16-10-12-4-5-14(16)9-12/h1-3,8,12,14H,4-7,9-10,15H2. The molecule has 2 heteroatoms. The van der Waals surface area contributed by atoms with Gasteiger partial charge in [-0.05, 0) is 55.8 Å². The fourth-order valence-corrected chi connectivity index (χ4v) is 3.30. The van der Waals surface area contributed by atoms with Gasteiger partial charge in [-0.25, -0.2) is 0 Å². The van der Waals surface area contributed by atoms with Crippen LogP contribution in [0.2, 0.25) is 0 Å². The van der Waals surface area contributed by atoms with Gasteiger partial charge in [0.25, 0.3) is 0 Å². The van der Waals surface area contributed by atoms with E-state index in [1.807, 2.05) is 0 Å². The molecule has 1 aromatic carbocycles. The van der Waals surface area contributed by atoms with Gasteiger partial charge in [-0.1, -0.05) is 12.1 Å². The Morgan fingerprint density at radius 2 is 2.25 bits per heavy atom. The molecule has 1 heterocycles. The molecule has 1 aromatic rings. The van der Waals surface area contributed by atoms with Gasteiger partial charge in [-0.15, -0.1) is 0 Å². The minimum absolute atomic E-state index is 0.746. The maximum atomic E-state index is 5.61. The van der Waals surface area contributed by atoms with Crippen molar-refractivity contribution < 1.29 is 0 Å². The Labute approximate surface area is 97.4 Å².